The van der Waals surface area contributed by atoms with Crippen molar-refractivity contribution in [3.8, 4) is 10.8 Å². The molecule has 1 fully saturated rings. The molecule has 3 heterocycles. The van der Waals surface area contributed by atoms with Crippen LogP contribution in [0.15, 0.2) is 21.9 Å². The number of aryl methyl sites for hydroxylation is 1. The van der Waals surface area contributed by atoms with Crippen LogP contribution in [0.3, 0.4) is 0 Å². The summed E-state index contributed by atoms with van der Waals surface area (Å²) in [5.41, 5.74) is 0.795. The van der Waals surface area contributed by atoms with Crippen LogP contribution in [0.1, 0.15) is 17.9 Å². The first-order valence-electron chi connectivity index (χ1n) is 8.42. The number of furan rings is 1. The molecule has 9 heteroatoms. The Morgan fingerprint density at radius 3 is 2.81 bits per heavy atom. The summed E-state index contributed by atoms with van der Waals surface area (Å²) in [7, 11) is 0. The van der Waals surface area contributed by atoms with Crippen molar-refractivity contribution in [2.45, 2.75) is 19.8 Å². The Bertz CT molecular complexity index is 671. The number of rotatable bonds is 7. The number of aromatic nitrogens is 1. The highest BCUT2D eigenvalue weighted by Gasteiger charge is 2.12. The second-order valence-corrected chi connectivity index (χ2v) is 6.88. The predicted molar refractivity (Wildman–Crippen MR) is 110 cm³/mol. The number of hydrogen-bond acceptors (Lipinski definition) is 6. The molecule has 0 radical (unpaired) electrons. The Morgan fingerprint density at radius 2 is 2.12 bits per heavy atom. The van der Waals surface area contributed by atoms with E-state index in [-0.39, 0.29) is 30.7 Å². The van der Waals surface area contributed by atoms with E-state index in [2.05, 4.69) is 20.5 Å². The number of carbonyl (C=O) groups excluding carboxylic acids is 1. The summed E-state index contributed by atoms with van der Waals surface area (Å²) >= 11 is 1.51. The molecule has 0 aliphatic carbocycles. The van der Waals surface area contributed by atoms with Gasteiger partial charge in [0.2, 0.25) is 5.91 Å². The number of nitrogens with zero attached hydrogens (tertiary/aromatic N) is 2. The minimum Gasteiger partial charge on any atom is -0.459 e. The van der Waals surface area contributed by atoms with Gasteiger partial charge in [-0.3, -0.25) is 4.79 Å². The van der Waals surface area contributed by atoms with E-state index < -0.39 is 0 Å². The third kappa shape index (κ3) is 6.89. The van der Waals surface area contributed by atoms with Gasteiger partial charge in [-0.1, -0.05) is 0 Å². The predicted octanol–water partition coefficient (Wildman–Crippen LogP) is 2.51. The fourth-order valence-electron chi connectivity index (χ4n) is 2.74. The number of hydrogen-bond donors (Lipinski definition) is 2. The largest absolute Gasteiger partial charge is 0.459 e. The van der Waals surface area contributed by atoms with Gasteiger partial charge in [-0.15, -0.1) is 36.2 Å². The maximum Gasteiger partial charge on any atom is 0.226 e. The molecule has 6 nitrogen and oxygen atoms in total. The molecule has 1 aliphatic heterocycles. The van der Waals surface area contributed by atoms with Crippen LogP contribution in [0, 0.1) is 6.92 Å². The summed E-state index contributed by atoms with van der Waals surface area (Å²) < 4.78 is 5.56. The van der Waals surface area contributed by atoms with Crippen molar-refractivity contribution in [3.63, 3.8) is 0 Å². The lowest BCUT2D eigenvalue weighted by molar-refractivity contribution is -0.120. The van der Waals surface area contributed by atoms with Crippen LogP contribution < -0.4 is 10.6 Å². The molecule has 0 aromatic carbocycles. The number of thiazole rings is 1. The normalized spacial score (nSPS) is 14.3. The summed E-state index contributed by atoms with van der Waals surface area (Å²) in [4.78, 5) is 18.9. The van der Waals surface area contributed by atoms with Crippen LogP contribution >= 0.6 is 36.2 Å². The fraction of sp³-hybridized carbons (Fsp3) is 0.529. The molecule has 2 aromatic rings. The quantitative estimate of drug-likeness (QED) is 0.673. The first-order chi connectivity index (χ1) is 11.7. The van der Waals surface area contributed by atoms with E-state index in [1.54, 1.807) is 0 Å². The fourth-order valence-corrected chi connectivity index (χ4v) is 3.52. The first-order valence-corrected chi connectivity index (χ1v) is 9.29. The lowest BCUT2D eigenvalue weighted by Gasteiger charge is -2.27. The molecule has 1 amide bonds. The van der Waals surface area contributed by atoms with Crippen LogP contribution in [0.25, 0.3) is 10.8 Å². The topological polar surface area (TPSA) is 70.4 Å². The smallest absolute Gasteiger partial charge is 0.226 e. The van der Waals surface area contributed by atoms with Crippen molar-refractivity contribution in [1.29, 1.82) is 0 Å². The molecule has 2 aromatic heterocycles. The van der Waals surface area contributed by atoms with E-state index in [1.165, 1.54) is 11.3 Å². The molecular formula is C17H26Cl2N4O2S. The molecule has 0 saturated carbocycles. The third-order valence-electron chi connectivity index (χ3n) is 4.03. The van der Waals surface area contributed by atoms with Gasteiger partial charge in [-0.2, -0.15) is 0 Å². The van der Waals surface area contributed by atoms with Gasteiger partial charge in [0, 0.05) is 38.1 Å². The summed E-state index contributed by atoms with van der Waals surface area (Å²) in [6, 6.07) is 3.83. The van der Waals surface area contributed by atoms with E-state index in [4.69, 9.17) is 4.42 Å². The minimum atomic E-state index is 0. The lowest BCUT2D eigenvalue weighted by atomic mass is 10.3. The van der Waals surface area contributed by atoms with Gasteiger partial charge >= 0.3 is 0 Å². The van der Waals surface area contributed by atoms with E-state index >= 15 is 0 Å². The van der Waals surface area contributed by atoms with E-state index in [9.17, 15) is 4.79 Å². The Hall–Kier alpha value is -1.12. The number of halogens is 2. The van der Waals surface area contributed by atoms with Crippen molar-refractivity contribution in [1.82, 2.24) is 20.5 Å². The molecule has 1 saturated heterocycles. The van der Waals surface area contributed by atoms with Gasteiger partial charge in [-0.05, 0) is 32.0 Å². The maximum absolute atomic E-state index is 12.0. The van der Waals surface area contributed by atoms with Crippen LogP contribution in [0.2, 0.25) is 0 Å². The van der Waals surface area contributed by atoms with Crippen LogP contribution in [0.4, 0.5) is 0 Å². The van der Waals surface area contributed by atoms with Gasteiger partial charge in [0.25, 0.3) is 0 Å². The molecule has 26 heavy (non-hydrogen) atoms. The lowest BCUT2D eigenvalue weighted by Crippen LogP contribution is -2.44. The summed E-state index contributed by atoms with van der Waals surface area (Å²) in [5, 5.41) is 9.07. The minimum absolute atomic E-state index is 0. The van der Waals surface area contributed by atoms with Crippen molar-refractivity contribution in [2.24, 2.45) is 0 Å². The Balaban J connectivity index is 0.00000169. The summed E-state index contributed by atoms with van der Waals surface area (Å²) in [6.45, 7) is 7.99. The molecule has 146 valence electrons. The average molecular weight is 421 g/mol. The van der Waals surface area contributed by atoms with Crippen molar-refractivity contribution in [3.05, 3.63) is 29.0 Å². The first kappa shape index (κ1) is 22.9. The van der Waals surface area contributed by atoms with E-state index in [1.807, 2.05) is 24.4 Å². The summed E-state index contributed by atoms with van der Waals surface area (Å²) in [5.74, 6) is 1.66. The highest BCUT2D eigenvalue weighted by Crippen LogP contribution is 2.25. The summed E-state index contributed by atoms with van der Waals surface area (Å²) in [6.07, 6.45) is 1.31. The molecule has 0 spiro atoms. The highest BCUT2D eigenvalue weighted by atomic mass is 35.5. The molecule has 3 rings (SSSR count). The molecule has 0 bridgehead atoms. The molecule has 0 unspecified atom stereocenters. The standard InChI is InChI=1S/C17H24N4O2S.2ClH/c1-13-3-4-15(23-13)17-20-14(12-24-17)11-16(22)19-5-2-8-21-9-6-18-7-10-21;;/h3-4,12,18H,2,5-11H2,1H3,(H,19,22);2*1H. The Labute approximate surface area is 170 Å². The second-order valence-electron chi connectivity index (χ2n) is 6.03. The number of nitrogens with one attached hydrogen (secondary N) is 2. The number of amides is 1. The zero-order valence-corrected chi connectivity index (χ0v) is 17.3. The van der Waals surface area contributed by atoms with Crippen molar-refractivity contribution in [2.75, 3.05) is 39.3 Å². The Kier molecular flexibility index (Phi) is 10.2. The van der Waals surface area contributed by atoms with Crippen LogP contribution in [-0.2, 0) is 11.2 Å². The van der Waals surface area contributed by atoms with Gasteiger partial charge < -0.3 is 20.0 Å². The molecular weight excluding hydrogens is 395 g/mol. The molecule has 2 N–H and O–H groups in total. The second kappa shape index (κ2) is 11.6. The monoisotopic (exact) mass is 420 g/mol. The molecule has 1 aliphatic rings. The van der Waals surface area contributed by atoms with E-state index in [0.29, 0.717) is 6.42 Å². The SMILES string of the molecule is Cc1ccc(-c2nc(CC(=O)NCCCN3CCNCC3)cs2)o1.Cl.Cl. The Morgan fingerprint density at radius 1 is 1.35 bits per heavy atom. The highest BCUT2D eigenvalue weighted by molar-refractivity contribution is 7.13. The van der Waals surface area contributed by atoms with Gasteiger partial charge in [0.1, 0.15) is 5.76 Å². The van der Waals surface area contributed by atoms with Crippen LogP contribution in [-0.4, -0.2) is 55.1 Å². The molecule has 0 atom stereocenters. The zero-order valence-electron chi connectivity index (χ0n) is 14.8. The van der Waals surface area contributed by atoms with E-state index in [0.717, 1.165) is 67.9 Å². The van der Waals surface area contributed by atoms with Crippen molar-refractivity contribution < 1.29 is 9.21 Å². The maximum atomic E-state index is 12.0. The van der Waals surface area contributed by atoms with Gasteiger partial charge in [0.05, 0.1) is 12.1 Å². The average Bonchev–Trinajstić information content (AvgIpc) is 3.21. The van der Waals surface area contributed by atoms with Gasteiger partial charge in [-0.25, -0.2) is 4.98 Å². The van der Waals surface area contributed by atoms with Gasteiger partial charge in [0.15, 0.2) is 10.8 Å². The number of piperazine rings is 1. The third-order valence-corrected chi connectivity index (χ3v) is 4.93. The van der Waals surface area contributed by atoms with Crippen LogP contribution in [0.5, 0.6) is 0 Å². The zero-order chi connectivity index (χ0) is 16.8. The number of carbonyl (C=O) groups is 1. The van der Waals surface area contributed by atoms with Crippen molar-refractivity contribution >= 4 is 42.1 Å².